The summed E-state index contributed by atoms with van der Waals surface area (Å²) in [5, 5.41) is 11.2. The Balaban J connectivity index is 1.17. The second-order valence-electron chi connectivity index (χ2n) is 13.8. The number of aromatic nitrogens is 2. The Morgan fingerprint density at radius 1 is 1.08 bits per heavy atom. The van der Waals surface area contributed by atoms with Gasteiger partial charge in [0.15, 0.2) is 0 Å². The molecule has 1 aliphatic heterocycles. The molecule has 274 valence electrons. The van der Waals surface area contributed by atoms with Crippen molar-refractivity contribution in [1.29, 1.82) is 0 Å². The van der Waals surface area contributed by atoms with Crippen molar-refractivity contribution in [3.05, 3.63) is 59.3 Å². The van der Waals surface area contributed by atoms with Gasteiger partial charge in [-0.3, -0.25) is 14.5 Å². The Bertz CT molecular complexity index is 1700. The third-order valence-corrected chi connectivity index (χ3v) is 10.8. The molecule has 0 radical (unpaired) electrons. The van der Waals surface area contributed by atoms with E-state index in [0.717, 1.165) is 63.4 Å². The number of nitrogens with zero attached hydrogens (tertiary/aromatic N) is 4. The van der Waals surface area contributed by atoms with Gasteiger partial charge in [-0.2, -0.15) is 18.2 Å². The fraction of sp³-hybridized carbons (Fsp3) is 0.514. The van der Waals surface area contributed by atoms with Gasteiger partial charge in [0.2, 0.25) is 12.4 Å². The molecule has 2 saturated carbocycles. The number of methoxy groups -OCH3 is 1. The first-order valence-electron chi connectivity index (χ1n) is 17.7. The van der Waals surface area contributed by atoms with Crippen LogP contribution in [-0.2, 0) is 11.0 Å². The van der Waals surface area contributed by atoms with E-state index in [4.69, 9.17) is 4.74 Å². The molecular weight excluding hydrogens is 661 g/mol. The number of hydrogen-bond donors (Lipinski definition) is 4. The van der Waals surface area contributed by atoms with Crippen LogP contribution in [0.2, 0.25) is 0 Å². The number of nitrogens with one attached hydrogen (secondary N) is 4. The number of para-hydroxylation sites is 1. The summed E-state index contributed by atoms with van der Waals surface area (Å²) in [5.74, 6) is 1.61. The third kappa shape index (κ3) is 8.16. The molecular formula is C37H47F3N8O3. The van der Waals surface area contributed by atoms with Gasteiger partial charge in [0.05, 0.1) is 24.0 Å². The van der Waals surface area contributed by atoms with E-state index in [1.165, 1.54) is 45.2 Å². The van der Waals surface area contributed by atoms with Crippen molar-refractivity contribution >= 4 is 41.1 Å². The highest BCUT2D eigenvalue weighted by Crippen LogP contribution is 2.46. The number of aryl methyl sites for hydroxylation is 1. The van der Waals surface area contributed by atoms with Gasteiger partial charge in [0.1, 0.15) is 17.1 Å². The van der Waals surface area contributed by atoms with Gasteiger partial charge < -0.3 is 30.9 Å². The second-order valence-corrected chi connectivity index (χ2v) is 13.8. The van der Waals surface area contributed by atoms with E-state index in [1.54, 1.807) is 26.2 Å². The van der Waals surface area contributed by atoms with E-state index in [-0.39, 0.29) is 17.2 Å². The molecule has 2 aromatic carbocycles. The van der Waals surface area contributed by atoms with E-state index < -0.39 is 23.5 Å². The molecule has 51 heavy (non-hydrogen) atoms. The molecule has 3 aromatic rings. The highest BCUT2D eigenvalue weighted by atomic mass is 19.4. The Morgan fingerprint density at radius 2 is 1.88 bits per heavy atom. The lowest BCUT2D eigenvalue weighted by Gasteiger charge is -2.52. The van der Waals surface area contributed by atoms with Crippen LogP contribution < -0.4 is 30.9 Å². The summed E-state index contributed by atoms with van der Waals surface area (Å²) in [6, 6.07) is 11.1. The smallest absolute Gasteiger partial charge is 0.421 e. The van der Waals surface area contributed by atoms with Crippen LogP contribution in [0.5, 0.6) is 5.75 Å². The number of rotatable bonds is 12. The van der Waals surface area contributed by atoms with Gasteiger partial charge in [-0.15, -0.1) is 0 Å². The first kappa shape index (κ1) is 36.2. The number of benzene rings is 2. The van der Waals surface area contributed by atoms with Crippen molar-refractivity contribution in [2.45, 2.75) is 57.7 Å². The molecule has 2 amide bonds. The lowest BCUT2D eigenvalue weighted by atomic mass is 9.64. The zero-order valence-electron chi connectivity index (χ0n) is 29.4. The maximum atomic E-state index is 14.1. The molecule has 2 heterocycles. The zero-order chi connectivity index (χ0) is 36.1. The van der Waals surface area contributed by atoms with Crippen LogP contribution in [-0.4, -0.2) is 80.1 Å². The molecule has 4 unspecified atom stereocenters. The number of alkyl halides is 3. The molecule has 0 spiro atoms. The summed E-state index contributed by atoms with van der Waals surface area (Å²) < 4.78 is 48.0. The Kier molecular flexibility index (Phi) is 11.2. The topological polar surface area (TPSA) is 124 Å². The maximum absolute atomic E-state index is 14.1. The minimum atomic E-state index is -4.75. The average Bonchev–Trinajstić information content (AvgIpc) is 3.12. The Labute approximate surface area is 296 Å². The molecule has 14 heteroatoms. The Morgan fingerprint density at radius 3 is 2.61 bits per heavy atom. The van der Waals surface area contributed by atoms with Crippen LogP contribution in [0.4, 0.5) is 42.0 Å². The van der Waals surface area contributed by atoms with Crippen LogP contribution in [0, 0.1) is 24.7 Å². The molecule has 11 nitrogen and oxygen atoms in total. The van der Waals surface area contributed by atoms with Crippen LogP contribution in [0.3, 0.4) is 0 Å². The van der Waals surface area contributed by atoms with Crippen molar-refractivity contribution in [1.82, 2.24) is 25.5 Å². The van der Waals surface area contributed by atoms with E-state index in [9.17, 15) is 22.8 Å². The van der Waals surface area contributed by atoms with Crippen LogP contribution in [0.15, 0.2) is 42.6 Å². The molecule has 3 fully saturated rings. The van der Waals surface area contributed by atoms with Gasteiger partial charge in [-0.25, -0.2) is 4.98 Å². The first-order chi connectivity index (χ1) is 24.6. The number of ether oxygens (including phenoxy) is 1. The number of amides is 2. The number of fused-ring (bicyclic) bond motifs is 2. The second kappa shape index (κ2) is 15.7. The standard InChI is InChI=1S/C37H47F3N8O3/c1-23-6-4-9-28(35(50)41-2)32(23)45-34-29(37(38,39)40)21-43-36(46-34)44-30-11-10-27(20-31(30)51-3)47-14-16-48(17-15-47)33-25-8-5-7-24(18-25)19-26(33)12-13-42-22-49/h4,6,9-11,20-22,24-26,33H,5,7-8,12-19H2,1-3H3,(H,41,50)(H,42,49)(H2,43,44,45,46). The molecule has 2 aliphatic carbocycles. The summed E-state index contributed by atoms with van der Waals surface area (Å²) in [7, 11) is 3.00. The quantitative estimate of drug-likeness (QED) is 0.130. The van der Waals surface area contributed by atoms with Crippen molar-refractivity contribution in [2.24, 2.45) is 17.8 Å². The van der Waals surface area contributed by atoms with Gasteiger partial charge in [0, 0.05) is 63.8 Å². The van der Waals surface area contributed by atoms with Crippen molar-refractivity contribution in [3.63, 3.8) is 0 Å². The van der Waals surface area contributed by atoms with Crippen LogP contribution >= 0.6 is 0 Å². The Hall–Kier alpha value is -4.59. The molecule has 4 N–H and O–H groups in total. The fourth-order valence-corrected chi connectivity index (χ4v) is 8.42. The van der Waals surface area contributed by atoms with E-state index in [0.29, 0.717) is 34.9 Å². The van der Waals surface area contributed by atoms with Crippen molar-refractivity contribution < 1.29 is 27.5 Å². The maximum Gasteiger partial charge on any atom is 0.421 e. The number of anilines is 5. The SMILES string of the molecule is CNC(=O)c1cccc(C)c1Nc1nc(Nc2ccc(N3CCN(C4C5CCCC(C5)CC4CCNC=O)CC3)cc2OC)ncc1C(F)(F)F. The van der Waals surface area contributed by atoms with Gasteiger partial charge in [0.25, 0.3) is 5.91 Å². The third-order valence-electron chi connectivity index (χ3n) is 10.8. The summed E-state index contributed by atoms with van der Waals surface area (Å²) in [4.78, 5) is 36.6. The van der Waals surface area contributed by atoms with E-state index >= 15 is 0 Å². The number of halogens is 3. The fourth-order valence-electron chi connectivity index (χ4n) is 8.42. The zero-order valence-corrected chi connectivity index (χ0v) is 29.4. The number of piperazine rings is 1. The molecule has 4 atom stereocenters. The molecule has 1 saturated heterocycles. The summed E-state index contributed by atoms with van der Waals surface area (Å²) in [5.41, 5.74) is 1.39. The predicted molar refractivity (Wildman–Crippen MR) is 191 cm³/mol. The van der Waals surface area contributed by atoms with Crippen molar-refractivity contribution in [2.75, 3.05) is 62.4 Å². The lowest BCUT2D eigenvalue weighted by molar-refractivity contribution is -0.137. The number of carbonyl (C=O) groups excluding carboxylic acids is 2. The van der Waals surface area contributed by atoms with E-state index in [1.807, 2.05) is 18.2 Å². The average molecular weight is 709 g/mol. The van der Waals surface area contributed by atoms with E-state index in [2.05, 4.69) is 41.0 Å². The largest absolute Gasteiger partial charge is 0.494 e. The highest BCUT2D eigenvalue weighted by molar-refractivity contribution is 6.00. The van der Waals surface area contributed by atoms with Crippen LogP contribution in [0.1, 0.15) is 60.0 Å². The van der Waals surface area contributed by atoms with Crippen LogP contribution in [0.25, 0.3) is 0 Å². The molecule has 2 bridgehead atoms. The summed E-state index contributed by atoms with van der Waals surface area (Å²) in [6.07, 6.45) is 4.29. The first-order valence-corrected chi connectivity index (χ1v) is 17.7. The van der Waals surface area contributed by atoms with Gasteiger partial charge >= 0.3 is 6.18 Å². The molecule has 3 aliphatic rings. The highest BCUT2D eigenvalue weighted by Gasteiger charge is 2.43. The monoisotopic (exact) mass is 708 g/mol. The van der Waals surface area contributed by atoms with Crippen molar-refractivity contribution in [3.8, 4) is 5.75 Å². The summed E-state index contributed by atoms with van der Waals surface area (Å²) >= 11 is 0. The minimum absolute atomic E-state index is 0.0735. The lowest BCUT2D eigenvalue weighted by Crippen LogP contribution is -2.57. The predicted octanol–water partition coefficient (Wildman–Crippen LogP) is 6.11. The normalized spacial score (nSPS) is 22.2. The number of carbonyl (C=O) groups is 2. The number of hydrogen-bond acceptors (Lipinski definition) is 9. The molecule has 6 rings (SSSR count). The van der Waals surface area contributed by atoms with Gasteiger partial charge in [-0.05, 0) is 74.1 Å². The minimum Gasteiger partial charge on any atom is -0.494 e. The van der Waals surface area contributed by atoms with Gasteiger partial charge in [-0.1, -0.05) is 25.0 Å². The summed E-state index contributed by atoms with van der Waals surface area (Å²) in [6.45, 7) is 6.03. The molecule has 1 aromatic heterocycles.